The van der Waals surface area contributed by atoms with E-state index in [4.69, 9.17) is 5.73 Å². The Balaban J connectivity index is 2.35. The first kappa shape index (κ1) is 14.5. The first-order valence-corrected chi connectivity index (χ1v) is 6.81. The maximum absolute atomic E-state index is 11.8. The lowest BCUT2D eigenvalue weighted by Gasteiger charge is -2.32. The van der Waals surface area contributed by atoms with Gasteiger partial charge in [0.05, 0.1) is 11.5 Å². The van der Waals surface area contributed by atoms with Crippen LogP contribution in [0.25, 0.3) is 0 Å². The van der Waals surface area contributed by atoms with Crippen LogP contribution in [0.15, 0.2) is 0 Å². The van der Waals surface area contributed by atoms with E-state index in [1.54, 1.807) is 0 Å². The normalized spacial score (nSPS) is 20.9. The summed E-state index contributed by atoms with van der Waals surface area (Å²) in [6, 6.07) is 0. The summed E-state index contributed by atoms with van der Waals surface area (Å²) in [5.74, 6) is -0.111. The van der Waals surface area contributed by atoms with Gasteiger partial charge < -0.3 is 16.2 Å². The SMILES string of the molecule is CCCC(CN)C(=O)NCC1(O)CCCCC1. The molecule has 0 radical (unpaired) electrons. The maximum atomic E-state index is 11.8. The molecule has 0 aromatic rings. The highest BCUT2D eigenvalue weighted by Crippen LogP contribution is 2.27. The van der Waals surface area contributed by atoms with Crippen molar-refractivity contribution in [2.45, 2.75) is 57.5 Å². The van der Waals surface area contributed by atoms with Crippen molar-refractivity contribution >= 4 is 5.91 Å². The Morgan fingerprint density at radius 1 is 1.41 bits per heavy atom. The molecule has 17 heavy (non-hydrogen) atoms. The number of carbonyl (C=O) groups excluding carboxylic acids is 1. The molecule has 4 nitrogen and oxygen atoms in total. The van der Waals surface area contributed by atoms with Gasteiger partial charge in [0.1, 0.15) is 0 Å². The number of nitrogens with one attached hydrogen (secondary N) is 1. The van der Waals surface area contributed by atoms with Crippen molar-refractivity contribution in [3.8, 4) is 0 Å². The van der Waals surface area contributed by atoms with Crippen molar-refractivity contribution in [3.05, 3.63) is 0 Å². The highest BCUT2D eigenvalue weighted by Gasteiger charge is 2.30. The molecule has 0 aromatic carbocycles. The minimum Gasteiger partial charge on any atom is -0.388 e. The second-order valence-electron chi connectivity index (χ2n) is 5.22. The molecule has 0 spiro atoms. The Hall–Kier alpha value is -0.610. The van der Waals surface area contributed by atoms with Gasteiger partial charge in [0.2, 0.25) is 5.91 Å². The molecule has 1 unspecified atom stereocenters. The van der Waals surface area contributed by atoms with Crippen LogP contribution in [0.5, 0.6) is 0 Å². The lowest BCUT2D eigenvalue weighted by Crippen LogP contribution is -2.46. The minimum atomic E-state index is -0.681. The molecule has 1 atom stereocenters. The Morgan fingerprint density at radius 2 is 2.06 bits per heavy atom. The van der Waals surface area contributed by atoms with Gasteiger partial charge in [0.25, 0.3) is 0 Å². The van der Waals surface area contributed by atoms with Crippen LogP contribution in [-0.4, -0.2) is 29.7 Å². The fourth-order valence-electron chi connectivity index (χ4n) is 2.49. The summed E-state index contributed by atoms with van der Waals surface area (Å²) in [5, 5.41) is 13.1. The first-order chi connectivity index (χ1) is 8.11. The van der Waals surface area contributed by atoms with Gasteiger partial charge in [-0.15, -0.1) is 0 Å². The summed E-state index contributed by atoms with van der Waals surface area (Å²) in [7, 11) is 0. The van der Waals surface area contributed by atoms with E-state index in [0.717, 1.165) is 38.5 Å². The van der Waals surface area contributed by atoms with E-state index in [1.807, 2.05) is 6.92 Å². The largest absolute Gasteiger partial charge is 0.388 e. The van der Waals surface area contributed by atoms with Gasteiger partial charge in [-0.25, -0.2) is 0 Å². The molecule has 4 N–H and O–H groups in total. The van der Waals surface area contributed by atoms with E-state index < -0.39 is 5.60 Å². The quantitative estimate of drug-likeness (QED) is 0.654. The van der Waals surface area contributed by atoms with E-state index in [0.29, 0.717) is 13.1 Å². The predicted molar refractivity (Wildman–Crippen MR) is 68.5 cm³/mol. The third-order valence-electron chi connectivity index (χ3n) is 3.67. The van der Waals surface area contributed by atoms with Crippen LogP contribution in [0, 0.1) is 5.92 Å². The van der Waals surface area contributed by atoms with Crippen molar-refractivity contribution in [1.29, 1.82) is 0 Å². The number of hydrogen-bond donors (Lipinski definition) is 3. The highest BCUT2D eigenvalue weighted by molar-refractivity contribution is 5.78. The average molecular weight is 242 g/mol. The number of carbonyl (C=O) groups is 1. The lowest BCUT2D eigenvalue weighted by molar-refractivity contribution is -0.126. The van der Waals surface area contributed by atoms with Gasteiger partial charge in [-0.2, -0.15) is 0 Å². The third kappa shape index (κ3) is 4.64. The van der Waals surface area contributed by atoms with Gasteiger partial charge in [-0.3, -0.25) is 4.79 Å². The molecule has 1 amide bonds. The van der Waals surface area contributed by atoms with E-state index in [-0.39, 0.29) is 11.8 Å². The van der Waals surface area contributed by atoms with Crippen molar-refractivity contribution in [1.82, 2.24) is 5.32 Å². The third-order valence-corrected chi connectivity index (χ3v) is 3.67. The minimum absolute atomic E-state index is 0.00616. The zero-order valence-corrected chi connectivity index (χ0v) is 10.9. The standard InChI is InChI=1S/C13H26N2O2/c1-2-6-11(9-14)12(16)15-10-13(17)7-4-3-5-8-13/h11,17H,2-10,14H2,1H3,(H,15,16). The summed E-state index contributed by atoms with van der Waals surface area (Å²) >= 11 is 0. The molecule has 0 aliphatic heterocycles. The molecule has 100 valence electrons. The number of aliphatic hydroxyl groups is 1. The maximum Gasteiger partial charge on any atom is 0.224 e. The molecule has 0 aromatic heterocycles. The Kier molecular flexibility index (Phi) is 5.92. The zero-order valence-electron chi connectivity index (χ0n) is 10.9. The number of amides is 1. The Labute approximate surface area is 104 Å². The molecule has 1 aliphatic rings. The second kappa shape index (κ2) is 6.97. The van der Waals surface area contributed by atoms with Gasteiger partial charge >= 0.3 is 0 Å². The number of rotatable bonds is 6. The van der Waals surface area contributed by atoms with Gasteiger partial charge in [0.15, 0.2) is 0 Å². The van der Waals surface area contributed by atoms with Crippen LogP contribution < -0.4 is 11.1 Å². The van der Waals surface area contributed by atoms with Crippen molar-refractivity contribution in [2.75, 3.05) is 13.1 Å². The monoisotopic (exact) mass is 242 g/mol. The van der Waals surface area contributed by atoms with E-state index in [9.17, 15) is 9.90 Å². The Bertz CT molecular complexity index is 238. The van der Waals surface area contributed by atoms with Crippen molar-refractivity contribution in [2.24, 2.45) is 11.7 Å². The van der Waals surface area contributed by atoms with Crippen LogP contribution in [0.1, 0.15) is 51.9 Å². The molecule has 1 saturated carbocycles. The van der Waals surface area contributed by atoms with Crippen LogP contribution in [-0.2, 0) is 4.79 Å². The summed E-state index contributed by atoms with van der Waals surface area (Å²) < 4.78 is 0. The molecule has 0 heterocycles. The van der Waals surface area contributed by atoms with E-state index >= 15 is 0 Å². The van der Waals surface area contributed by atoms with Gasteiger partial charge in [-0.1, -0.05) is 32.6 Å². The van der Waals surface area contributed by atoms with Crippen LogP contribution >= 0.6 is 0 Å². The van der Waals surface area contributed by atoms with Crippen LogP contribution in [0.2, 0.25) is 0 Å². The van der Waals surface area contributed by atoms with Crippen LogP contribution in [0.4, 0.5) is 0 Å². The summed E-state index contributed by atoms with van der Waals surface area (Å²) in [6.45, 7) is 2.81. The first-order valence-electron chi connectivity index (χ1n) is 6.81. The van der Waals surface area contributed by atoms with E-state index in [1.165, 1.54) is 6.42 Å². The molecule has 0 bridgehead atoms. The lowest BCUT2D eigenvalue weighted by atomic mass is 9.85. The van der Waals surface area contributed by atoms with Crippen molar-refractivity contribution < 1.29 is 9.90 Å². The van der Waals surface area contributed by atoms with Crippen LogP contribution in [0.3, 0.4) is 0 Å². The zero-order chi connectivity index (χ0) is 12.7. The Morgan fingerprint density at radius 3 is 2.59 bits per heavy atom. The predicted octanol–water partition coefficient (Wildman–Crippen LogP) is 1.17. The molecule has 1 fully saturated rings. The molecular formula is C13H26N2O2. The summed E-state index contributed by atoms with van der Waals surface area (Å²) in [4.78, 5) is 11.8. The highest BCUT2D eigenvalue weighted by atomic mass is 16.3. The molecular weight excluding hydrogens is 216 g/mol. The van der Waals surface area contributed by atoms with E-state index in [2.05, 4.69) is 5.32 Å². The molecule has 4 heteroatoms. The topological polar surface area (TPSA) is 75.4 Å². The average Bonchev–Trinajstić information content (AvgIpc) is 2.34. The molecule has 1 rings (SSSR count). The fraction of sp³-hybridized carbons (Fsp3) is 0.923. The molecule has 0 saturated heterocycles. The second-order valence-corrected chi connectivity index (χ2v) is 5.22. The fourth-order valence-corrected chi connectivity index (χ4v) is 2.49. The van der Waals surface area contributed by atoms with Gasteiger partial charge in [-0.05, 0) is 19.3 Å². The summed E-state index contributed by atoms with van der Waals surface area (Å²) in [5.41, 5.74) is 4.90. The van der Waals surface area contributed by atoms with Gasteiger partial charge in [0, 0.05) is 13.1 Å². The summed E-state index contributed by atoms with van der Waals surface area (Å²) in [6.07, 6.45) is 6.68. The smallest absolute Gasteiger partial charge is 0.224 e. The molecule has 1 aliphatic carbocycles. The number of hydrogen-bond acceptors (Lipinski definition) is 3. The number of nitrogens with two attached hydrogens (primary N) is 1. The van der Waals surface area contributed by atoms with Crippen molar-refractivity contribution in [3.63, 3.8) is 0 Å².